The Hall–Kier alpha value is -1.88. The Kier molecular flexibility index (Phi) is 4.96. The summed E-state index contributed by atoms with van der Waals surface area (Å²) in [5, 5.41) is 9.96. The van der Waals surface area contributed by atoms with Gasteiger partial charge in [0, 0.05) is 25.3 Å². The van der Waals surface area contributed by atoms with Crippen molar-refractivity contribution in [3.63, 3.8) is 0 Å². The van der Waals surface area contributed by atoms with E-state index >= 15 is 0 Å². The third-order valence-corrected chi connectivity index (χ3v) is 3.82. The van der Waals surface area contributed by atoms with Gasteiger partial charge in [-0.15, -0.1) is 0 Å². The highest BCUT2D eigenvalue weighted by Gasteiger charge is 2.29. The molecule has 0 amide bonds. The second-order valence-corrected chi connectivity index (χ2v) is 5.13. The highest BCUT2D eigenvalue weighted by atomic mass is 15.6. The lowest BCUT2D eigenvalue weighted by Crippen LogP contribution is -2.35. The molecule has 0 aromatic heterocycles. The zero-order valence-electron chi connectivity index (χ0n) is 13.3. The van der Waals surface area contributed by atoms with E-state index in [1.54, 1.807) is 0 Å². The van der Waals surface area contributed by atoms with Crippen molar-refractivity contribution in [1.82, 2.24) is 10.4 Å². The van der Waals surface area contributed by atoms with Gasteiger partial charge in [0.1, 0.15) is 5.71 Å². The SMILES string of the molecule is CCN1NC(C)C(=Nc2ccc(N(CC)CC)cc2)C1=N. The van der Waals surface area contributed by atoms with Gasteiger partial charge in [-0.2, -0.15) is 0 Å². The number of rotatable bonds is 5. The van der Waals surface area contributed by atoms with Gasteiger partial charge in [0.15, 0.2) is 5.84 Å². The van der Waals surface area contributed by atoms with Crippen LogP contribution in [0, 0.1) is 5.41 Å². The van der Waals surface area contributed by atoms with Gasteiger partial charge >= 0.3 is 0 Å². The highest BCUT2D eigenvalue weighted by Crippen LogP contribution is 2.21. The molecule has 114 valence electrons. The molecule has 1 saturated heterocycles. The normalized spacial score (nSPS) is 20.4. The van der Waals surface area contributed by atoms with Crippen LogP contribution in [0.4, 0.5) is 11.4 Å². The van der Waals surface area contributed by atoms with Crippen LogP contribution in [0.15, 0.2) is 29.3 Å². The molecular weight excluding hydrogens is 262 g/mol. The maximum atomic E-state index is 8.14. The Bertz CT molecular complexity index is 516. The fourth-order valence-corrected chi connectivity index (χ4v) is 2.57. The zero-order chi connectivity index (χ0) is 15.4. The van der Waals surface area contributed by atoms with E-state index < -0.39 is 0 Å². The van der Waals surface area contributed by atoms with Crippen molar-refractivity contribution in [2.75, 3.05) is 24.5 Å². The number of aliphatic imine (C=N–C) groups is 1. The van der Waals surface area contributed by atoms with E-state index in [0.717, 1.165) is 31.0 Å². The van der Waals surface area contributed by atoms with Crippen LogP contribution in [0.5, 0.6) is 0 Å². The minimum atomic E-state index is 0.0832. The van der Waals surface area contributed by atoms with Gasteiger partial charge in [0.2, 0.25) is 0 Å². The standard InChI is InChI=1S/C16H25N5/c1-5-20(6-2)14-10-8-13(9-11-14)18-15-12(4)19-21(7-3)16(15)17/h8-12,17,19H,5-7H2,1-4H3. The van der Waals surface area contributed by atoms with E-state index in [1.807, 2.05) is 31.0 Å². The van der Waals surface area contributed by atoms with Crippen molar-refractivity contribution in [3.05, 3.63) is 24.3 Å². The molecular formula is C16H25N5. The first-order valence-electron chi connectivity index (χ1n) is 7.66. The predicted molar refractivity (Wildman–Crippen MR) is 89.8 cm³/mol. The topological polar surface area (TPSA) is 54.7 Å². The Morgan fingerprint density at radius 3 is 2.29 bits per heavy atom. The lowest BCUT2D eigenvalue weighted by atomic mass is 10.2. The molecule has 5 heteroatoms. The van der Waals surface area contributed by atoms with Gasteiger partial charge in [-0.25, -0.2) is 10.4 Å². The Balaban J connectivity index is 2.20. The molecule has 1 unspecified atom stereocenters. The summed E-state index contributed by atoms with van der Waals surface area (Å²) >= 11 is 0. The Morgan fingerprint density at radius 2 is 1.81 bits per heavy atom. The first-order valence-corrected chi connectivity index (χ1v) is 7.66. The molecule has 0 spiro atoms. The van der Waals surface area contributed by atoms with Gasteiger partial charge in [0.25, 0.3) is 0 Å². The quantitative estimate of drug-likeness (QED) is 0.875. The van der Waals surface area contributed by atoms with Crippen molar-refractivity contribution in [1.29, 1.82) is 5.41 Å². The van der Waals surface area contributed by atoms with Crippen molar-refractivity contribution in [3.8, 4) is 0 Å². The summed E-state index contributed by atoms with van der Waals surface area (Å²) in [5.74, 6) is 0.470. The summed E-state index contributed by atoms with van der Waals surface area (Å²) in [4.78, 5) is 6.94. The first-order chi connectivity index (χ1) is 10.1. The molecule has 1 heterocycles. The number of anilines is 1. The summed E-state index contributed by atoms with van der Waals surface area (Å²) in [6.45, 7) is 11.1. The van der Waals surface area contributed by atoms with Crippen molar-refractivity contribution in [2.45, 2.75) is 33.7 Å². The molecule has 2 N–H and O–H groups in total. The third kappa shape index (κ3) is 3.24. The van der Waals surface area contributed by atoms with Crippen LogP contribution < -0.4 is 10.3 Å². The van der Waals surface area contributed by atoms with E-state index in [0.29, 0.717) is 5.84 Å². The fraction of sp³-hybridized carbons (Fsp3) is 0.500. The summed E-state index contributed by atoms with van der Waals surface area (Å²) in [5.41, 5.74) is 6.15. The molecule has 0 bridgehead atoms. The second kappa shape index (κ2) is 6.72. The van der Waals surface area contributed by atoms with Crippen molar-refractivity contribution < 1.29 is 0 Å². The smallest absolute Gasteiger partial charge is 0.158 e. The molecule has 0 radical (unpaired) electrons. The number of hydrogen-bond acceptors (Lipinski definition) is 4. The molecule has 1 fully saturated rings. The highest BCUT2D eigenvalue weighted by molar-refractivity contribution is 6.43. The number of nitrogens with zero attached hydrogens (tertiary/aromatic N) is 3. The summed E-state index contributed by atoms with van der Waals surface area (Å²) in [6, 6.07) is 8.33. The molecule has 0 aliphatic carbocycles. The first kappa shape index (κ1) is 15.5. The second-order valence-electron chi connectivity index (χ2n) is 5.13. The van der Waals surface area contributed by atoms with Crippen LogP contribution in [0.25, 0.3) is 0 Å². The average molecular weight is 287 g/mol. The molecule has 0 saturated carbocycles. The van der Waals surface area contributed by atoms with Crippen molar-refractivity contribution in [2.24, 2.45) is 4.99 Å². The molecule has 1 aliphatic heterocycles. The summed E-state index contributed by atoms with van der Waals surface area (Å²) in [6.07, 6.45) is 0. The number of hydrazine groups is 1. The molecule has 1 aromatic carbocycles. The Morgan fingerprint density at radius 1 is 1.19 bits per heavy atom. The van der Waals surface area contributed by atoms with Gasteiger partial charge in [-0.05, 0) is 52.0 Å². The molecule has 1 atom stereocenters. The third-order valence-electron chi connectivity index (χ3n) is 3.82. The van der Waals surface area contributed by atoms with Crippen LogP contribution in [0.2, 0.25) is 0 Å². The van der Waals surface area contributed by atoms with E-state index in [-0.39, 0.29) is 6.04 Å². The van der Waals surface area contributed by atoms with Crippen LogP contribution in [0.3, 0.4) is 0 Å². The van der Waals surface area contributed by atoms with E-state index in [4.69, 9.17) is 5.41 Å². The van der Waals surface area contributed by atoms with E-state index in [9.17, 15) is 0 Å². The van der Waals surface area contributed by atoms with Crippen LogP contribution in [-0.2, 0) is 0 Å². The number of amidine groups is 1. The van der Waals surface area contributed by atoms with Gasteiger partial charge in [0.05, 0.1) is 11.7 Å². The maximum Gasteiger partial charge on any atom is 0.158 e. The van der Waals surface area contributed by atoms with Crippen LogP contribution in [-0.4, -0.2) is 42.2 Å². The maximum absolute atomic E-state index is 8.14. The van der Waals surface area contributed by atoms with Crippen LogP contribution in [0.1, 0.15) is 27.7 Å². The molecule has 2 rings (SSSR count). The van der Waals surface area contributed by atoms with Crippen LogP contribution >= 0.6 is 0 Å². The average Bonchev–Trinajstić information content (AvgIpc) is 2.77. The number of hydrogen-bond donors (Lipinski definition) is 2. The summed E-state index contributed by atoms with van der Waals surface area (Å²) < 4.78 is 0. The fourth-order valence-electron chi connectivity index (χ4n) is 2.57. The molecule has 1 aromatic rings. The lowest BCUT2D eigenvalue weighted by Gasteiger charge is -2.20. The Labute approximate surface area is 127 Å². The monoisotopic (exact) mass is 287 g/mol. The van der Waals surface area contributed by atoms with Gasteiger partial charge in [-0.1, -0.05) is 0 Å². The number of benzene rings is 1. The number of nitrogens with one attached hydrogen (secondary N) is 2. The molecule has 5 nitrogen and oxygen atoms in total. The van der Waals surface area contributed by atoms with Crippen molar-refractivity contribution >= 4 is 22.9 Å². The van der Waals surface area contributed by atoms with E-state index in [1.165, 1.54) is 5.69 Å². The largest absolute Gasteiger partial charge is 0.372 e. The zero-order valence-corrected chi connectivity index (χ0v) is 13.3. The minimum Gasteiger partial charge on any atom is -0.372 e. The van der Waals surface area contributed by atoms with Gasteiger partial charge in [-0.3, -0.25) is 10.4 Å². The molecule has 21 heavy (non-hydrogen) atoms. The summed E-state index contributed by atoms with van der Waals surface area (Å²) in [7, 11) is 0. The molecule has 1 aliphatic rings. The van der Waals surface area contributed by atoms with E-state index in [2.05, 4.69) is 41.3 Å². The minimum absolute atomic E-state index is 0.0832. The van der Waals surface area contributed by atoms with Gasteiger partial charge < -0.3 is 4.90 Å². The lowest BCUT2D eigenvalue weighted by molar-refractivity contribution is 0.335. The predicted octanol–water partition coefficient (Wildman–Crippen LogP) is 2.81.